The molecular weight excluding hydrogens is 336 g/mol. The van der Waals surface area contributed by atoms with E-state index in [1.807, 2.05) is 24.3 Å². The average Bonchev–Trinajstić information content (AvgIpc) is 3.11. The lowest BCUT2D eigenvalue weighted by Crippen LogP contribution is -2.42. The first-order chi connectivity index (χ1) is 12.0. The largest absolute Gasteiger partial charge is 0.366 e. The highest BCUT2D eigenvalue weighted by atomic mass is 35.5. The van der Waals surface area contributed by atoms with Gasteiger partial charge in [0.1, 0.15) is 0 Å². The molecule has 0 spiro atoms. The van der Waals surface area contributed by atoms with E-state index in [1.54, 1.807) is 24.3 Å². The Morgan fingerprint density at radius 1 is 1.08 bits per heavy atom. The van der Waals surface area contributed by atoms with Crippen LogP contribution in [0.2, 0.25) is 5.02 Å². The molecule has 0 radical (unpaired) electrons. The zero-order valence-corrected chi connectivity index (χ0v) is 14.7. The Hall–Kier alpha value is -2.33. The fourth-order valence-electron chi connectivity index (χ4n) is 3.55. The molecule has 25 heavy (non-hydrogen) atoms. The summed E-state index contributed by atoms with van der Waals surface area (Å²) in [7, 11) is 0. The maximum absolute atomic E-state index is 13.0. The summed E-state index contributed by atoms with van der Waals surface area (Å²) in [5.74, 6) is -0.423. The van der Waals surface area contributed by atoms with Gasteiger partial charge in [-0.3, -0.25) is 9.59 Å². The lowest BCUT2D eigenvalue weighted by Gasteiger charge is -2.28. The minimum atomic E-state index is -0.502. The van der Waals surface area contributed by atoms with Crippen molar-refractivity contribution in [2.24, 2.45) is 5.73 Å². The fourth-order valence-corrected chi connectivity index (χ4v) is 3.74. The summed E-state index contributed by atoms with van der Waals surface area (Å²) in [6, 6.07) is 14.6. The van der Waals surface area contributed by atoms with Gasteiger partial charge in [0.25, 0.3) is 0 Å². The van der Waals surface area contributed by atoms with Gasteiger partial charge in [-0.1, -0.05) is 48.7 Å². The Balaban J connectivity index is 1.74. The molecule has 3 N–H and O–H groups in total. The first kappa shape index (κ1) is 17.5. The third-order valence-electron chi connectivity index (χ3n) is 4.96. The lowest BCUT2D eigenvalue weighted by molar-refractivity contribution is -0.126. The van der Waals surface area contributed by atoms with Crippen LogP contribution in [0.1, 0.15) is 47.2 Å². The van der Waals surface area contributed by atoms with Crippen molar-refractivity contribution in [2.75, 3.05) is 0 Å². The van der Waals surface area contributed by atoms with Gasteiger partial charge in [0.05, 0.1) is 5.41 Å². The quantitative estimate of drug-likeness (QED) is 0.859. The van der Waals surface area contributed by atoms with Crippen molar-refractivity contribution in [2.45, 2.75) is 37.6 Å². The second-order valence-corrected chi connectivity index (χ2v) is 6.98. The first-order valence-electron chi connectivity index (χ1n) is 8.44. The highest BCUT2D eigenvalue weighted by Crippen LogP contribution is 2.42. The molecule has 130 valence electrons. The molecule has 3 rings (SSSR count). The van der Waals surface area contributed by atoms with Crippen LogP contribution < -0.4 is 11.1 Å². The second-order valence-electron chi connectivity index (χ2n) is 6.54. The van der Waals surface area contributed by atoms with Crippen molar-refractivity contribution in [3.05, 3.63) is 70.2 Å². The van der Waals surface area contributed by atoms with Gasteiger partial charge in [0.15, 0.2) is 0 Å². The Kier molecular flexibility index (Phi) is 5.09. The van der Waals surface area contributed by atoms with Crippen LogP contribution in [0.3, 0.4) is 0 Å². The molecule has 0 heterocycles. The molecule has 1 saturated carbocycles. The van der Waals surface area contributed by atoms with Crippen molar-refractivity contribution in [3.8, 4) is 0 Å². The molecule has 1 aliphatic rings. The summed E-state index contributed by atoms with van der Waals surface area (Å²) in [6.07, 6.45) is 3.74. The number of carbonyl (C=O) groups excluding carboxylic acids is 2. The predicted octanol–water partition coefficient (Wildman–Crippen LogP) is 3.57. The van der Waals surface area contributed by atoms with Crippen LogP contribution in [0.5, 0.6) is 0 Å². The van der Waals surface area contributed by atoms with Crippen LogP contribution >= 0.6 is 11.6 Å². The normalized spacial score (nSPS) is 15.7. The number of carbonyl (C=O) groups is 2. The zero-order chi connectivity index (χ0) is 17.9. The van der Waals surface area contributed by atoms with Crippen LogP contribution in [0, 0.1) is 0 Å². The topological polar surface area (TPSA) is 72.2 Å². The van der Waals surface area contributed by atoms with Crippen LogP contribution in [-0.2, 0) is 16.8 Å². The Morgan fingerprint density at radius 3 is 2.36 bits per heavy atom. The van der Waals surface area contributed by atoms with Gasteiger partial charge in [-0.05, 0) is 48.2 Å². The van der Waals surface area contributed by atoms with E-state index in [0.717, 1.165) is 36.8 Å². The number of halogens is 1. The molecule has 0 atom stereocenters. The summed E-state index contributed by atoms with van der Waals surface area (Å²) in [5.41, 5.74) is 7.11. The van der Waals surface area contributed by atoms with Crippen molar-refractivity contribution in [1.82, 2.24) is 5.32 Å². The van der Waals surface area contributed by atoms with Gasteiger partial charge in [0.2, 0.25) is 11.8 Å². The van der Waals surface area contributed by atoms with E-state index in [-0.39, 0.29) is 5.91 Å². The molecule has 0 aromatic heterocycles. The van der Waals surface area contributed by atoms with Gasteiger partial charge in [-0.25, -0.2) is 0 Å². The highest BCUT2D eigenvalue weighted by molar-refractivity contribution is 6.30. The number of amides is 2. The highest BCUT2D eigenvalue weighted by Gasteiger charge is 2.42. The SMILES string of the molecule is NC(=O)c1ccc(CNC(=O)C2(c3cccc(Cl)c3)CCCC2)cc1. The number of hydrogen-bond donors (Lipinski definition) is 2. The van der Waals surface area contributed by atoms with Crippen LogP contribution in [0.4, 0.5) is 0 Å². The molecule has 1 fully saturated rings. The van der Waals surface area contributed by atoms with Gasteiger partial charge in [0, 0.05) is 17.1 Å². The van der Waals surface area contributed by atoms with Crippen LogP contribution in [-0.4, -0.2) is 11.8 Å². The van der Waals surface area contributed by atoms with Gasteiger partial charge >= 0.3 is 0 Å². The van der Waals surface area contributed by atoms with E-state index >= 15 is 0 Å². The lowest BCUT2D eigenvalue weighted by atomic mass is 9.78. The minimum Gasteiger partial charge on any atom is -0.366 e. The maximum Gasteiger partial charge on any atom is 0.248 e. The standard InChI is InChI=1S/C20H21ClN2O2/c21-17-5-3-4-16(12-17)20(10-1-2-11-20)19(25)23-13-14-6-8-15(9-7-14)18(22)24/h3-9,12H,1-2,10-11,13H2,(H2,22,24)(H,23,25). The summed E-state index contributed by atoms with van der Waals surface area (Å²) in [5, 5.41) is 3.70. The maximum atomic E-state index is 13.0. The summed E-state index contributed by atoms with van der Waals surface area (Å²) in [6.45, 7) is 0.417. The number of benzene rings is 2. The summed E-state index contributed by atoms with van der Waals surface area (Å²) >= 11 is 6.13. The molecule has 0 aliphatic heterocycles. The molecular formula is C20H21ClN2O2. The molecule has 0 unspecified atom stereocenters. The minimum absolute atomic E-state index is 0.0336. The average molecular weight is 357 g/mol. The van der Waals surface area contributed by atoms with Crippen molar-refractivity contribution in [3.63, 3.8) is 0 Å². The summed E-state index contributed by atoms with van der Waals surface area (Å²) < 4.78 is 0. The van der Waals surface area contributed by atoms with E-state index in [4.69, 9.17) is 17.3 Å². The van der Waals surface area contributed by atoms with Crippen molar-refractivity contribution >= 4 is 23.4 Å². The molecule has 0 bridgehead atoms. The monoisotopic (exact) mass is 356 g/mol. The number of nitrogens with one attached hydrogen (secondary N) is 1. The first-order valence-corrected chi connectivity index (χ1v) is 8.82. The molecule has 5 heteroatoms. The van der Waals surface area contributed by atoms with E-state index < -0.39 is 11.3 Å². The third kappa shape index (κ3) is 3.69. The number of rotatable bonds is 5. The second kappa shape index (κ2) is 7.28. The number of hydrogen-bond acceptors (Lipinski definition) is 2. The van der Waals surface area contributed by atoms with Crippen molar-refractivity contribution < 1.29 is 9.59 Å². The third-order valence-corrected chi connectivity index (χ3v) is 5.20. The zero-order valence-electron chi connectivity index (χ0n) is 13.9. The fraction of sp³-hybridized carbons (Fsp3) is 0.300. The molecule has 2 amide bonds. The van der Waals surface area contributed by atoms with E-state index in [9.17, 15) is 9.59 Å². The Morgan fingerprint density at radius 2 is 1.76 bits per heavy atom. The number of nitrogens with two attached hydrogens (primary N) is 1. The molecule has 4 nitrogen and oxygen atoms in total. The van der Waals surface area contributed by atoms with Gasteiger partial charge in [-0.15, -0.1) is 0 Å². The molecule has 0 saturated heterocycles. The van der Waals surface area contributed by atoms with E-state index in [0.29, 0.717) is 17.1 Å². The van der Waals surface area contributed by atoms with Crippen LogP contribution in [0.15, 0.2) is 48.5 Å². The molecule has 1 aliphatic carbocycles. The van der Waals surface area contributed by atoms with Crippen LogP contribution in [0.25, 0.3) is 0 Å². The van der Waals surface area contributed by atoms with E-state index in [1.165, 1.54) is 0 Å². The smallest absolute Gasteiger partial charge is 0.248 e. The van der Waals surface area contributed by atoms with Gasteiger partial charge < -0.3 is 11.1 Å². The molecule has 2 aromatic carbocycles. The van der Waals surface area contributed by atoms with Crippen molar-refractivity contribution in [1.29, 1.82) is 0 Å². The Labute approximate surface area is 152 Å². The van der Waals surface area contributed by atoms with E-state index in [2.05, 4.69) is 5.32 Å². The Bertz CT molecular complexity index is 781. The van der Waals surface area contributed by atoms with Gasteiger partial charge in [-0.2, -0.15) is 0 Å². The summed E-state index contributed by atoms with van der Waals surface area (Å²) in [4.78, 5) is 24.1. The predicted molar refractivity (Wildman–Crippen MR) is 98.4 cm³/mol. The number of primary amides is 1. The molecule has 2 aromatic rings.